The summed E-state index contributed by atoms with van der Waals surface area (Å²) in [4.78, 5) is 11.4. The van der Waals surface area contributed by atoms with Crippen LogP contribution in [0.25, 0.3) is 0 Å². The predicted molar refractivity (Wildman–Crippen MR) is 53.3 cm³/mol. The maximum absolute atomic E-state index is 11.4. The minimum atomic E-state index is 0.180. The van der Waals surface area contributed by atoms with Crippen LogP contribution in [0.2, 0.25) is 0 Å². The van der Waals surface area contributed by atoms with E-state index in [0.717, 1.165) is 12.2 Å². The molecule has 0 aromatic rings. The molecule has 1 N–H and O–H groups in total. The van der Waals surface area contributed by atoms with E-state index in [9.17, 15) is 4.79 Å². The maximum atomic E-state index is 11.4. The average molecular weight is 185 g/mol. The molecule has 0 saturated carbocycles. The van der Waals surface area contributed by atoms with Crippen molar-refractivity contribution in [2.75, 3.05) is 12.3 Å². The van der Waals surface area contributed by atoms with Gasteiger partial charge in [0.25, 0.3) is 0 Å². The lowest BCUT2D eigenvalue weighted by Crippen LogP contribution is -2.34. The number of nitrogens with one attached hydrogen (secondary N) is 1. The second-order valence-corrected chi connectivity index (χ2v) is 4.20. The molecule has 1 amide bonds. The predicted octanol–water partition coefficient (Wildman–Crippen LogP) is 1.57. The fraction of sp³-hybridized carbons (Fsp3) is 0.667. The molecule has 1 fully saturated rings. The van der Waals surface area contributed by atoms with E-state index in [1.54, 1.807) is 17.8 Å². The van der Waals surface area contributed by atoms with Crippen molar-refractivity contribution in [1.29, 1.82) is 0 Å². The van der Waals surface area contributed by atoms with Gasteiger partial charge in [-0.15, -0.1) is 18.3 Å². The van der Waals surface area contributed by atoms with Gasteiger partial charge in [0, 0.05) is 6.54 Å². The van der Waals surface area contributed by atoms with Gasteiger partial charge in [0.1, 0.15) is 0 Å². The quantitative estimate of drug-likeness (QED) is 0.676. The number of carbonyl (C=O) groups is 1. The lowest BCUT2D eigenvalue weighted by molar-refractivity contribution is -0.120. The van der Waals surface area contributed by atoms with Gasteiger partial charge in [0.15, 0.2) is 0 Å². The van der Waals surface area contributed by atoms with Crippen LogP contribution in [-0.2, 0) is 4.79 Å². The van der Waals surface area contributed by atoms with Crippen molar-refractivity contribution in [3.8, 4) is 0 Å². The number of thioether (sulfide) groups is 1. The van der Waals surface area contributed by atoms with Crippen molar-refractivity contribution < 1.29 is 4.79 Å². The standard InChI is InChI=1S/C9H15NOS/c1-2-6-10-9(11)8-5-3-4-7-12-8/h2,8H,1,3-7H2,(H,10,11). The monoisotopic (exact) mass is 185 g/mol. The summed E-state index contributed by atoms with van der Waals surface area (Å²) >= 11 is 1.78. The summed E-state index contributed by atoms with van der Waals surface area (Å²) in [5.74, 6) is 1.31. The van der Waals surface area contributed by atoms with Crippen LogP contribution in [0.3, 0.4) is 0 Å². The molecule has 1 atom stereocenters. The van der Waals surface area contributed by atoms with E-state index in [1.165, 1.54) is 12.8 Å². The summed E-state index contributed by atoms with van der Waals surface area (Å²) in [5.41, 5.74) is 0. The van der Waals surface area contributed by atoms with E-state index in [-0.39, 0.29) is 11.2 Å². The highest BCUT2D eigenvalue weighted by molar-refractivity contribution is 8.00. The van der Waals surface area contributed by atoms with Crippen LogP contribution >= 0.6 is 11.8 Å². The average Bonchev–Trinajstić information content (AvgIpc) is 2.15. The smallest absolute Gasteiger partial charge is 0.233 e. The Morgan fingerprint density at radius 2 is 2.50 bits per heavy atom. The number of amides is 1. The third-order valence-corrected chi connectivity index (χ3v) is 3.27. The van der Waals surface area contributed by atoms with E-state index < -0.39 is 0 Å². The molecule has 0 radical (unpaired) electrons. The van der Waals surface area contributed by atoms with Crippen molar-refractivity contribution in [1.82, 2.24) is 5.32 Å². The molecule has 12 heavy (non-hydrogen) atoms. The molecule has 0 aromatic heterocycles. The summed E-state index contributed by atoms with van der Waals surface area (Å²) < 4.78 is 0. The zero-order valence-electron chi connectivity index (χ0n) is 7.21. The molecule has 1 heterocycles. The second-order valence-electron chi connectivity index (χ2n) is 2.89. The van der Waals surface area contributed by atoms with Crippen molar-refractivity contribution >= 4 is 17.7 Å². The Morgan fingerprint density at radius 3 is 3.08 bits per heavy atom. The van der Waals surface area contributed by atoms with E-state index in [2.05, 4.69) is 11.9 Å². The van der Waals surface area contributed by atoms with Crippen molar-refractivity contribution in [3.63, 3.8) is 0 Å². The van der Waals surface area contributed by atoms with Crippen LogP contribution < -0.4 is 5.32 Å². The van der Waals surface area contributed by atoms with Crippen molar-refractivity contribution in [2.45, 2.75) is 24.5 Å². The molecular formula is C9H15NOS. The Bertz CT molecular complexity index is 164. The molecule has 68 valence electrons. The second kappa shape index (κ2) is 5.25. The summed E-state index contributed by atoms with van der Waals surface area (Å²) in [7, 11) is 0. The van der Waals surface area contributed by atoms with Gasteiger partial charge in [-0.2, -0.15) is 0 Å². The molecule has 0 spiro atoms. The van der Waals surface area contributed by atoms with Crippen LogP contribution in [0.1, 0.15) is 19.3 Å². The first kappa shape index (κ1) is 9.65. The third kappa shape index (κ3) is 2.89. The minimum absolute atomic E-state index is 0.180. The van der Waals surface area contributed by atoms with Crippen molar-refractivity contribution in [3.05, 3.63) is 12.7 Å². The first-order chi connectivity index (χ1) is 5.84. The lowest BCUT2D eigenvalue weighted by atomic mass is 10.2. The molecule has 1 saturated heterocycles. The minimum Gasteiger partial charge on any atom is -0.352 e. The molecular weight excluding hydrogens is 170 g/mol. The zero-order chi connectivity index (χ0) is 8.81. The topological polar surface area (TPSA) is 29.1 Å². The van der Waals surface area contributed by atoms with Gasteiger partial charge in [-0.3, -0.25) is 4.79 Å². The van der Waals surface area contributed by atoms with E-state index in [0.29, 0.717) is 6.54 Å². The van der Waals surface area contributed by atoms with Gasteiger partial charge < -0.3 is 5.32 Å². The molecule has 1 unspecified atom stereocenters. The molecule has 1 aliphatic heterocycles. The van der Waals surface area contributed by atoms with Crippen LogP contribution in [0.15, 0.2) is 12.7 Å². The highest BCUT2D eigenvalue weighted by atomic mass is 32.2. The summed E-state index contributed by atoms with van der Waals surface area (Å²) in [5, 5.41) is 3.02. The van der Waals surface area contributed by atoms with Crippen molar-refractivity contribution in [2.24, 2.45) is 0 Å². The lowest BCUT2D eigenvalue weighted by Gasteiger charge is -2.19. The summed E-state index contributed by atoms with van der Waals surface area (Å²) in [6, 6.07) is 0. The van der Waals surface area contributed by atoms with Crippen LogP contribution in [0.4, 0.5) is 0 Å². The Hall–Kier alpha value is -0.440. The highest BCUT2D eigenvalue weighted by Gasteiger charge is 2.20. The first-order valence-corrected chi connectivity index (χ1v) is 5.39. The van der Waals surface area contributed by atoms with E-state index >= 15 is 0 Å². The maximum Gasteiger partial charge on any atom is 0.233 e. The van der Waals surface area contributed by atoms with Gasteiger partial charge >= 0.3 is 0 Å². The molecule has 0 bridgehead atoms. The number of carbonyl (C=O) groups excluding carboxylic acids is 1. The number of hydrogen-bond donors (Lipinski definition) is 1. The van der Waals surface area contributed by atoms with Gasteiger partial charge in [-0.1, -0.05) is 12.5 Å². The number of hydrogen-bond acceptors (Lipinski definition) is 2. The van der Waals surface area contributed by atoms with Crippen LogP contribution in [0, 0.1) is 0 Å². The van der Waals surface area contributed by atoms with Gasteiger partial charge in [0.05, 0.1) is 5.25 Å². The number of rotatable bonds is 3. The molecule has 0 aliphatic carbocycles. The van der Waals surface area contributed by atoms with Gasteiger partial charge in [-0.05, 0) is 18.6 Å². The molecule has 1 aliphatic rings. The van der Waals surface area contributed by atoms with Crippen LogP contribution in [0.5, 0.6) is 0 Å². The molecule has 1 rings (SSSR count). The Morgan fingerprint density at radius 1 is 1.67 bits per heavy atom. The van der Waals surface area contributed by atoms with Crippen LogP contribution in [-0.4, -0.2) is 23.5 Å². The zero-order valence-corrected chi connectivity index (χ0v) is 8.03. The third-order valence-electron chi connectivity index (χ3n) is 1.89. The Kier molecular flexibility index (Phi) is 4.22. The summed E-state index contributed by atoms with van der Waals surface area (Å²) in [6.45, 7) is 4.15. The fourth-order valence-electron chi connectivity index (χ4n) is 1.23. The van der Waals surface area contributed by atoms with Gasteiger partial charge in [0.2, 0.25) is 5.91 Å². The molecule has 0 aromatic carbocycles. The van der Waals surface area contributed by atoms with Gasteiger partial charge in [-0.25, -0.2) is 0 Å². The molecule has 3 heteroatoms. The fourth-order valence-corrected chi connectivity index (χ4v) is 2.46. The summed E-state index contributed by atoms with van der Waals surface area (Å²) in [6.07, 6.45) is 5.20. The Balaban J connectivity index is 2.24. The highest BCUT2D eigenvalue weighted by Crippen LogP contribution is 2.24. The Labute approximate surface area is 77.8 Å². The normalized spacial score (nSPS) is 23.2. The molecule has 2 nitrogen and oxygen atoms in total. The largest absolute Gasteiger partial charge is 0.352 e. The SMILES string of the molecule is C=CCNC(=O)C1CCCCS1. The van der Waals surface area contributed by atoms with E-state index in [4.69, 9.17) is 0 Å². The first-order valence-electron chi connectivity index (χ1n) is 4.35. The van der Waals surface area contributed by atoms with E-state index in [1.807, 2.05) is 0 Å².